The fraction of sp³-hybridized carbons (Fsp3) is 0.312. The lowest BCUT2D eigenvalue weighted by Gasteiger charge is -2.02. The van der Waals surface area contributed by atoms with Crippen molar-refractivity contribution >= 4 is 10.9 Å². The average Bonchev–Trinajstić information content (AvgIpc) is 3.00. The summed E-state index contributed by atoms with van der Waals surface area (Å²) in [5.74, 6) is 0. The Hall–Kier alpha value is -2.07. The van der Waals surface area contributed by atoms with E-state index < -0.39 is 0 Å². The maximum absolute atomic E-state index is 4.18. The highest BCUT2D eigenvalue weighted by Crippen LogP contribution is 2.19. The molecule has 0 bridgehead atoms. The van der Waals surface area contributed by atoms with E-state index in [1.165, 1.54) is 22.0 Å². The first kappa shape index (κ1) is 12.9. The Morgan fingerprint density at radius 3 is 2.80 bits per heavy atom. The van der Waals surface area contributed by atoms with Crippen LogP contribution in [0.4, 0.5) is 0 Å². The number of rotatable bonds is 5. The zero-order valence-corrected chi connectivity index (χ0v) is 12.0. The molecule has 0 saturated carbocycles. The molecule has 0 aliphatic rings. The number of aromatic nitrogens is 3. The zero-order chi connectivity index (χ0) is 13.9. The van der Waals surface area contributed by atoms with E-state index in [0.29, 0.717) is 0 Å². The average molecular weight is 268 g/mol. The summed E-state index contributed by atoms with van der Waals surface area (Å²) >= 11 is 0. The highest BCUT2D eigenvalue weighted by molar-refractivity contribution is 5.83. The summed E-state index contributed by atoms with van der Waals surface area (Å²) in [6, 6.07) is 8.53. The quantitative estimate of drug-likeness (QED) is 0.720. The molecular formula is C16H20N4. The summed E-state index contributed by atoms with van der Waals surface area (Å²) in [6.45, 7) is 1.87. The van der Waals surface area contributed by atoms with Gasteiger partial charge in [0.2, 0.25) is 0 Å². The summed E-state index contributed by atoms with van der Waals surface area (Å²) in [5, 5.41) is 9.03. The Bertz CT molecular complexity index is 708. The van der Waals surface area contributed by atoms with Crippen molar-refractivity contribution in [2.75, 3.05) is 6.54 Å². The highest BCUT2D eigenvalue weighted by atomic mass is 15.2. The van der Waals surface area contributed by atoms with Gasteiger partial charge >= 0.3 is 0 Å². The Labute approximate surface area is 119 Å². The van der Waals surface area contributed by atoms with Crippen LogP contribution < -0.4 is 5.32 Å². The Kier molecular flexibility index (Phi) is 3.56. The second-order valence-corrected chi connectivity index (χ2v) is 5.23. The molecule has 1 aromatic carbocycles. The summed E-state index contributed by atoms with van der Waals surface area (Å²) in [6.07, 6.45) is 7.22. The van der Waals surface area contributed by atoms with Crippen molar-refractivity contribution in [3.8, 4) is 0 Å². The summed E-state index contributed by atoms with van der Waals surface area (Å²) in [7, 11) is 4.05. The number of nitrogens with one attached hydrogen (secondary N) is 1. The molecule has 3 aromatic rings. The van der Waals surface area contributed by atoms with Gasteiger partial charge in [-0.25, -0.2) is 0 Å². The second-order valence-electron chi connectivity index (χ2n) is 5.23. The molecule has 2 aromatic heterocycles. The highest BCUT2D eigenvalue weighted by Gasteiger charge is 2.05. The minimum Gasteiger partial charge on any atom is -0.350 e. The predicted octanol–water partition coefficient (Wildman–Crippen LogP) is 2.24. The number of benzene rings is 1. The van der Waals surface area contributed by atoms with E-state index in [-0.39, 0.29) is 0 Å². The molecule has 4 heteroatoms. The summed E-state index contributed by atoms with van der Waals surface area (Å²) in [4.78, 5) is 0. The lowest BCUT2D eigenvalue weighted by Crippen LogP contribution is -2.16. The minimum absolute atomic E-state index is 0.904. The largest absolute Gasteiger partial charge is 0.350 e. The SMILES string of the molecule is Cn1cc(CCNCc2cn(C)c3ccccc23)cn1. The topological polar surface area (TPSA) is 34.8 Å². The predicted molar refractivity (Wildman–Crippen MR) is 81.5 cm³/mol. The number of fused-ring (bicyclic) bond motifs is 1. The molecule has 0 atom stereocenters. The van der Waals surface area contributed by atoms with Gasteiger partial charge in [-0.3, -0.25) is 4.68 Å². The smallest absolute Gasteiger partial charge is 0.0522 e. The Morgan fingerprint density at radius 2 is 2.00 bits per heavy atom. The molecule has 2 heterocycles. The molecule has 4 nitrogen and oxygen atoms in total. The monoisotopic (exact) mass is 268 g/mol. The summed E-state index contributed by atoms with van der Waals surface area (Å²) < 4.78 is 4.04. The van der Waals surface area contributed by atoms with Gasteiger partial charge in [-0.2, -0.15) is 5.10 Å². The van der Waals surface area contributed by atoms with E-state index >= 15 is 0 Å². The van der Waals surface area contributed by atoms with Crippen molar-refractivity contribution in [2.24, 2.45) is 14.1 Å². The molecule has 0 unspecified atom stereocenters. The minimum atomic E-state index is 0.904. The van der Waals surface area contributed by atoms with E-state index in [2.05, 4.69) is 58.7 Å². The Balaban J connectivity index is 1.60. The molecular weight excluding hydrogens is 248 g/mol. The molecule has 0 aliphatic heterocycles. The number of nitrogens with zero attached hydrogens (tertiary/aromatic N) is 3. The first-order valence-electron chi connectivity index (χ1n) is 6.95. The van der Waals surface area contributed by atoms with Crippen LogP contribution in [0.25, 0.3) is 10.9 Å². The van der Waals surface area contributed by atoms with Crippen molar-refractivity contribution in [1.29, 1.82) is 0 Å². The van der Waals surface area contributed by atoms with Crippen LogP contribution in [-0.4, -0.2) is 20.9 Å². The second kappa shape index (κ2) is 5.51. The van der Waals surface area contributed by atoms with Gasteiger partial charge in [0, 0.05) is 43.9 Å². The third kappa shape index (κ3) is 2.60. The number of hydrogen-bond acceptors (Lipinski definition) is 2. The number of hydrogen-bond donors (Lipinski definition) is 1. The lowest BCUT2D eigenvalue weighted by atomic mass is 10.2. The van der Waals surface area contributed by atoms with Gasteiger partial charge in [-0.05, 0) is 30.2 Å². The van der Waals surface area contributed by atoms with Crippen LogP contribution >= 0.6 is 0 Å². The molecule has 0 amide bonds. The maximum atomic E-state index is 4.18. The molecule has 0 saturated heterocycles. The number of para-hydroxylation sites is 1. The fourth-order valence-corrected chi connectivity index (χ4v) is 2.62. The molecule has 20 heavy (non-hydrogen) atoms. The molecule has 3 rings (SSSR count). The first-order chi connectivity index (χ1) is 9.74. The molecule has 0 fully saturated rings. The molecule has 0 aliphatic carbocycles. The van der Waals surface area contributed by atoms with Crippen molar-refractivity contribution in [3.63, 3.8) is 0 Å². The molecule has 104 valence electrons. The van der Waals surface area contributed by atoms with Crippen LogP contribution in [0.1, 0.15) is 11.1 Å². The van der Waals surface area contributed by atoms with Gasteiger partial charge in [-0.15, -0.1) is 0 Å². The molecule has 0 spiro atoms. The van der Waals surface area contributed by atoms with E-state index in [1.807, 2.05) is 17.9 Å². The summed E-state index contributed by atoms with van der Waals surface area (Å²) in [5.41, 5.74) is 3.92. The van der Waals surface area contributed by atoms with Crippen LogP contribution in [-0.2, 0) is 27.1 Å². The van der Waals surface area contributed by atoms with Crippen molar-refractivity contribution < 1.29 is 0 Å². The van der Waals surface area contributed by atoms with Crippen LogP contribution in [0.15, 0.2) is 42.9 Å². The standard InChI is InChI=1S/C16H20N4/c1-19-12-14(15-5-3-4-6-16(15)19)10-17-8-7-13-9-18-20(2)11-13/h3-6,9,11-12,17H,7-8,10H2,1-2H3. The molecule has 0 radical (unpaired) electrons. The van der Waals surface area contributed by atoms with Crippen LogP contribution in [0.3, 0.4) is 0 Å². The van der Waals surface area contributed by atoms with Gasteiger partial charge in [0.1, 0.15) is 0 Å². The third-order valence-electron chi connectivity index (χ3n) is 3.64. The zero-order valence-electron chi connectivity index (χ0n) is 12.0. The van der Waals surface area contributed by atoms with Crippen molar-refractivity contribution in [2.45, 2.75) is 13.0 Å². The Morgan fingerprint density at radius 1 is 1.15 bits per heavy atom. The van der Waals surface area contributed by atoms with Gasteiger partial charge in [0.25, 0.3) is 0 Å². The maximum Gasteiger partial charge on any atom is 0.0522 e. The van der Waals surface area contributed by atoms with E-state index in [1.54, 1.807) is 0 Å². The first-order valence-corrected chi connectivity index (χ1v) is 6.95. The van der Waals surface area contributed by atoms with E-state index in [4.69, 9.17) is 0 Å². The number of aryl methyl sites for hydroxylation is 2. The lowest BCUT2D eigenvalue weighted by molar-refractivity contribution is 0.687. The van der Waals surface area contributed by atoms with E-state index in [0.717, 1.165) is 19.5 Å². The van der Waals surface area contributed by atoms with Crippen molar-refractivity contribution in [3.05, 3.63) is 54.0 Å². The van der Waals surface area contributed by atoms with Gasteiger partial charge in [0.05, 0.1) is 6.20 Å². The third-order valence-corrected chi connectivity index (χ3v) is 3.64. The van der Waals surface area contributed by atoms with Crippen molar-refractivity contribution in [1.82, 2.24) is 19.7 Å². The van der Waals surface area contributed by atoms with E-state index in [9.17, 15) is 0 Å². The fourth-order valence-electron chi connectivity index (χ4n) is 2.62. The van der Waals surface area contributed by atoms with Crippen LogP contribution in [0.2, 0.25) is 0 Å². The van der Waals surface area contributed by atoms with Gasteiger partial charge in [0.15, 0.2) is 0 Å². The van der Waals surface area contributed by atoms with Crippen LogP contribution in [0.5, 0.6) is 0 Å². The van der Waals surface area contributed by atoms with Crippen LogP contribution in [0, 0.1) is 0 Å². The normalized spacial score (nSPS) is 11.3. The molecule has 1 N–H and O–H groups in total. The van der Waals surface area contributed by atoms with Gasteiger partial charge < -0.3 is 9.88 Å². The van der Waals surface area contributed by atoms with Gasteiger partial charge in [-0.1, -0.05) is 18.2 Å².